The molecule has 1 aromatic carbocycles. The molecular weight excluding hydrogens is 299 g/mol. The van der Waals surface area contributed by atoms with Gasteiger partial charge in [0.2, 0.25) is 11.8 Å². The molecule has 2 amide bonds. The van der Waals surface area contributed by atoms with Gasteiger partial charge in [-0.1, -0.05) is 12.1 Å². The van der Waals surface area contributed by atoms with E-state index in [2.05, 4.69) is 10.4 Å². The fourth-order valence-corrected chi connectivity index (χ4v) is 2.65. The number of aromatic nitrogens is 2. The van der Waals surface area contributed by atoms with Crippen molar-refractivity contribution in [3.8, 4) is 0 Å². The van der Waals surface area contributed by atoms with Crippen LogP contribution in [-0.2, 0) is 16.6 Å². The van der Waals surface area contributed by atoms with Crippen molar-refractivity contribution >= 4 is 23.2 Å². The number of halogens is 1. The molecule has 1 N–H and O–H groups in total. The van der Waals surface area contributed by atoms with Crippen LogP contribution >= 0.6 is 0 Å². The third-order valence-corrected chi connectivity index (χ3v) is 3.92. The Bertz CT molecular complexity index is 743. The standard InChI is InChI=1S/C16H17FN4O2/c1-20-10-12(8-18-20)21-9-11(6-7-15(21)22)16(23)19-14-5-3-2-4-13(14)17/h2-5,8,10-11H,6-7,9H2,1H3,(H,19,23). The summed E-state index contributed by atoms with van der Waals surface area (Å²) in [5.41, 5.74) is 0.822. The Hall–Kier alpha value is -2.70. The van der Waals surface area contributed by atoms with Crippen LogP contribution < -0.4 is 10.2 Å². The first-order chi connectivity index (χ1) is 11.0. The smallest absolute Gasteiger partial charge is 0.229 e. The number of rotatable bonds is 3. The highest BCUT2D eigenvalue weighted by Gasteiger charge is 2.31. The average molecular weight is 316 g/mol. The van der Waals surface area contributed by atoms with Crippen LogP contribution in [0.15, 0.2) is 36.7 Å². The molecule has 1 saturated heterocycles. The minimum atomic E-state index is -0.475. The summed E-state index contributed by atoms with van der Waals surface area (Å²) in [7, 11) is 1.76. The fraction of sp³-hybridized carbons (Fsp3) is 0.312. The van der Waals surface area contributed by atoms with E-state index in [0.29, 0.717) is 12.1 Å². The number of piperidine rings is 1. The lowest BCUT2D eigenvalue weighted by Gasteiger charge is -2.30. The molecule has 23 heavy (non-hydrogen) atoms. The lowest BCUT2D eigenvalue weighted by molar-refractivity contribution is -0.124. The molecule has 0 saturated carbocycles. The van der Waals surface area contributed by atoms with E-state index in [1.165, 1.54) is 12.1 Å². The summed E-state index contributed by atoms with van der Waals surface area (Å²) in [5.74, 6) is -1.17. The van der Waals surface area contributed by atoms with Crippen molar-refractivity contribution in [1.29, 1.82) is 0 Å². The Balaban J connectivity index is 1.72. The molecule has 1 fully saturated rings. The molecule has 6 nitrogen and oxygen atoms in total. The highest BCUT2D eigenvalue weighted by atomic mass is 19.1. The number of carbonyl (C=O) groups excluding carboxylic acids is 2. The summed E-state index contributed by atoms with van der Waals surface area (Å²) < 4.78 is 15.2. The minimum Gasteiger partial charge on any atom is -0.323 e. The third-order valence-electron chi connectivity index (χ3n) is 3.92. The van der Waals surface area contributed by atoms with E-state index in [4.69, 9.17) is 0 Å². The van der Waals surface area contributed by atoms with Crippen molar-refractivity contribution in [1.82, 2.24) is 9.78 Å². The van der Waals surface area contributed by atoms with Crippen molar-refractivity contribution in [2.75, 3.05) is 16.8 Å². The van der Waals surface area contributed by atoms with E-state index >= 15 is 0 Å². The predicted molar refractivity (Wildman–Crippen MR) is 83.3 cm³/mol. The summed E-state index contributed by atoms with van der Waals surface area (Å²) in [6.07, 6.45) is 4.06. The molecule has 1 unspecified atom stereocenters. The second-order valence-electron chi connectivity index (χ2n) is 5.58. The van der Waals surface area contributed by atoms with E-state index in [9.17, 15) is 14.0 Å². The van der Waals surface area contributed by atoms with E-state index in [-0.39, 0.29) is 36.4 Å². The summed E-state index contributed by atoms with van der Waals surface area (Å²) in [6, 6.07) is 6.03. The molecule has 7 heteroatoms. The molecule has 3 rings (SSSR count). The monoisotopic (exact) mass is 316 g/mol. The van der Waals surface area contributed by atoms with Crippen molar-refractivity contribution in [3.63, 3.8) is 0 Å². The number of hydrogen-bond donors (Lipinski definition) is 1. The largest absolute Gasteiger partial charge is 0.323 e. The van der Waals surface area contributed by atoms with Gasteiger partial charge in [-0.15, -0.1) is 0 Å². The number of nitrogens with one attached hydrogen (secondary N) is 1. The molecule has 1 aliphatic rings. The maximum absolute atomic E-state index is 13.6. The molecule has 0 bridgehead atoms. The maximum atomic E-state index is 13.6. The van der Waals surface area contributed by atoms with Crippen LogP contribution in [0.5, 0.6) is 0 Å². The van der Waals surface area contributed by atoms with E-state index in [1.807, 2.05) is 0 Å². The van der Waals surface area contributed by atoms with Gasteiger partial charge < -0.3 is 10.2 Å². The van der Waals surface area contributed by atoms with Gasteiger partial charge in [0.15, 0.2) is 0 Å². The molecule has 1 aromatic heterocycles. The Kier molecular flexibility index (Phi) is 4.10. The van der Waals surface area contributed by atoms with Crippen molar-refractivity contribution in [3.05, 3.63) is 42.5 Å². The van der Waals surface area contributed by atoms with E-state index in [1.54, 1.807) is 41.2 Å². The van der Waals surface area contributed by atoms with Crippen molar-refractivity contribution in [2.24, 2.45) is 13.0 Å². The molecule has 1 aliphatic heterocycles. The number of benzene rings is 1. The van der Waals surface area contributed by atoms with Gasteiger partial charge in [0.05, 0.1) is 23.5 Å². The van der Waals surface area contributed by atoms with Crippen LogP contribution in [0.1, 0.15) is 12.8 Å². The zero-order valence-electron chi connectivity index (χ0n) is 12.7. The molecule has 2 heterocycles. The second-order valence-corrected chi connectivity index (χ2v) is 5.58. The molecule has 0 spiro atoms. The number of aryl methyl sites for hydroxylation is 1. The van der Waals surface area contributed by atoms with Gasteiger partial charge in [-0.3, -0.25) is 14.3 Å². The lowest BCUT2D eigenvalue weighted by Crippen LogP contribution is -2.44. The van der Waals surface area contributed by atoms with E-state index in [0.717, 1.165) is 0 Å². The molecule has 0 radical (unpaired) electrons. The number of anilines is 2. The average Bonchev–Trinajstić information content (AvgIpc) is 2.96. The van der Waals surface area contributed by atoms with Crippen LogP contribution in [0.2, 0.25) is 0 Å². The number of amides is 2. The molecule has 2 aromatic rings. The number of para-hydroxylation sites is 1. The summed E-state index contributed by atoms with van der Waals surface area (Å²) in [5, 5.41) is 6.65. The van der Waals surface area contributed by atoms with Crippen LogP contribution in [0.4, 0.5) is 15.8 Å². The predicted octanol–water partition coefficient (Wildman–Crippen LogP) is 1.94. The van der Waals surface area contributed by atoms with Gasteiger partial charge in [-0.2, -0.15) is 5.10 Å². The summed E-state index contributed by atoms with van der Waals surface area (Å²) in [4.78, 5) is 26.0. The minimum absolute atomic E-state index is 0.0343. The quantitative estimate of drug-likeness (QED) is 0.941. The summed E-state index contributed by atoms with van der Waals surface area (Å²) >= 11 is 0. The first kappa shape index (κ1) is 15.2. The zero-order chi connectivity index (χ0) is 16.4. The first-order valence-electron chi connectivity index (χ1n) is 7.39. The molecule has 0 aliphatic carbocycles. The molecule has 1 atom stereocenters. The number of hydrogen-bond acceptors (Lipinski definition) is 3. The topological polar surface area (TPSA) is 67.2 Å². The highest BCUT2D eigenvalue weighted by molar-refractivity contribution is 5.98. The van der Waals surface area contributed by atoms with Gasteiger partial charge in [0, 0.05) is 26.2 Å². The van der Waals surface area contributed by atoms with Crippen LogP contribution in [0.25, 0.3) is 0 Å². The summed E-state index contributed by atoms with van der Waals surface area (Å²) in [6.45, 7) is 0.269. The van der Waals surface area contributed by atoms with Crippen LogP contribution in [0, 0.1) is 11.7 Å². The Morgan fingerprint density at radius 3 is 2.87 bits per heavy atom. The normalized spacial score (nSPS) is 18.1. The van der Waals surface area contributed by atoms with Crippen LogP contribution in [-0.4, -0.2) is 28.1 Å². The number of carbonyl (C=O) groups is 2. The van der Waals surface area contributed by atoms with Crippen LogP contribution in [0.3, 0.4) is 0 Å². The highest BCUT2D eigenvalue weighted by Crippen LogP contribution is 2.25. The Labute approximate surface area is 132 Å². The van der Waals surface area contributed by atoms with Gasteiger partial charge in [0.25, 0.3) is 0 Å². The van der Waals surface area contributed by atoms with Crippen molar-refractivity contribution in [2.45, 2.75) is 12.8 Å². The molecular formula is C16H17FN4O2. The number of nitrogens with zero attached hydrogens (tertiary/aromatic N) is 3. The van der Waals surface area contributed by atoms with Gasteiger partial charge in [-0.05, 0) is 18.6 Å². The van der Waals surface area contributed by atoms with Gasteiger partial charge in [-0.25, -0.2) is 4.39 Å². The zero-order valence-corrected chi connectivity index (χ0v) is 12.7. The second kappa shape index (κ2) is 6.20. The Morgan fingerprint density at radius 1 is 1.39 bits per heavy atom. The maximum Gasteiger partial charge on any atom is 0.229 e. The van der Waals surface area contributed by atoms with E-state index < -0.39 is 5.82 Å². The first-order valence-corrected chi connectivity index (χ1v) is 7.39. The third kappa shape index (κ3) is 3.23. The molecule has 120 valence electrons. The van der Waals surface area contributed by atoms with Crippen molar-refractivity contribution < 1.29 is 14.0 Å². The lowest BCUT2D eigenvalue weighted by atomic mass is 9.96. The van der Waals surface area contributed by atoms with Gasteiger partial charge in [0.1, 0.15) is 5.82 Å². The Morgan fingerprint density at radius 2 is 2.17 bits per heavy atom. The fourth-order valence-electron chi connectivity index (χ4n) is 2.65. The SMILES string of the molecule is Cn1cc(N2CC(C(=O)Nc3ccccc3F)CCC2=O)cn1. The van der Waals surface area contributed by atoms with Gasteiger partial charge >= 0.3 is 0 Å².